The molecule has 0 amide bonds. The number of rotatable bonds is 3. The van der Waals surface area contributed by atoms with Crippen LogP contribution in [-0.2, 0) is 10.0 Å². The molecule has 6 heteroatoms. The zero-order valence-electron chi connectivity index (χ0n) is 8.78. The maximum Gasteiger partial charge on any atom is 0.238 e. The minimum Gasteiger partial charge on any atom is -0.255 e. The first kappa shape index (κ1) is 12.0. The van der Waals surface area contributed by atoms with Crippen LogP contribution in [0.15, 0.2) is 51.7 Å². The highest BCUT2D eigenvalue weighted by molar-refractivity contribution is 7.89. The summed E-state index contributed by atoms with van der Waals surface area (Å²) in [7, 11) is -3.63. The zero-order valence-corrected chi connectivity index (χ0v) is 10.4. The van der Waals surface area contributed by atoms with Crippen molar-refractivity contribution in [3.05, 3.63) is 46.7 Å². The zero-order chi connectivity index (χ0) is 12.3. The first-order valence-electron chi connectivity index (χ1n) is 4.76. The molecule has 88 valence electrons. The predicted molar refractivity (Wildman–Crippen MR) is 69.4 cm³/mol. The van der Waals surface area contributed by atoms with Crippen molar-refractivity contribution in [2.24, 2.45) is 10.1 Å². The number of nitrogens with zero attached hydrogens (tertiary/aromatic N) is 1. The van der Waals surface area contributed by atoms with Gasteiger partial charge in [0.05, 0.1) is 10.6 Å². The van der Waals surface area contributed by atoms with Crippen LogP contribution in [0.2, 0.25) is 0 Å². The van der Waals surface area contributed by atoms with E-state index < -0.39 is 10.0 Å². The molecule has 1 aromatic heterocycles. The van der Waals surface area contributed by atoms with Crippen molar-refractivity contribution in [3.63, 3.8) is 0 Å². The van der Waals surface area contributed by atoms with E-state index in [1.165, 1.54) is 12.1 Å². The summed E-state index contributed by atoms with van der Waals surface area (Å²) >= 11 is 1.58. The summed E-state index contributed by atoms with van der Waals surface area (Å²) in [6.07, 6.45) is 1.73. The predicted octanol–water partition coefficient (Wildman–Crippen LogP) is 2.15. The van der Waals surface area contributed by atoms with E-state index in [1.807, 2.05) is 17.5 Å². The fraction of sp³-hybridized carbons (Fsp3) is 0. The lowest BCUT2D eigenvalue weighted by molar-refractivity contribution is 0.598. The Bertz CT molecular complexity index is 614. The Hall–Kier alpha value is -1.50. The fourth-order valence-electron chi connectivity index (χ4n) is 1.22. The number of thiophene rings is 1. The van der Waals surface area contributed by atoms with Gasteiger partial charge in [-0.25, -0.2) is 13.6 Å². The molecule has 0 unspecified atom stereocenters. The van der Waals surface area contributed by atoms with E-state index in [4.69, 9.17) is 5.14 Å². The summed E-state index contributed by atoms with van der Waals surface area (Å²) in [5.74, 6) is 0. The van der Waals surface area contributed by atoms with E-state index in [2.05, 4.69) is 4.99 Å². The van der Waals surface area contributed by atoms with E-state index in [0.717, 1.165) is 4.88 Å². The highest BCUT2D eigenvalue weighted by Crippen LogP contribution is 2.16. The molecular formula is C11H10N2O2S2. The van der Waals surface area contributed by atoms with Gasteiger partial charge in [-0.05, 0) is 35.7 Å². The van der Waals surface area contributed by atoms with Crippen molar-refractivity contribution >= 4 is 33.3 Å². The highest BCUT2D eigenvalue weighted by Gasteiger charge is 2.05. The van der Waals surface area contributed by atoms with Crippen LogP contribution >= 0.6 is 11.3 Å². The third-order valence-electron chi connectivity index (χ3n) is 2.05. The minimum atomic E-state index is -3.63. The van der Waals surface area contributed by atoms with Gasteiger partial charge in [0.2, 0.25) is 10.0 Å². The molecule has 2 aromatic rings. The molecule has 0 fully saturated rings. The normalized spacial score (nSPS) is 12.1. The lowest BCUT2D eigenvalue weighted by Crippen LogP contribution is -2.11. The Balaban J connectivity index is 2.19. The molecule has 0 aliphatic heterocycles. The monoisotopic (exact) mass is 266 g/mol. The molecule has 0 spiro atoms. The molecule has 0 saturated heterocycles. The quantitative estimate of drug-likeness (QED) is 0.864. The van der Waals surface area contributed by atoms with Crippen molar-refractivity contribution < 1.29 is 8.42 Å². The summed E-state index contributed by atoms with van der Waals surface area (Å²) in [5, 5.41) is 6.96. The number of benzene rings is 1. The summed E-state index contributed by atoms with van der Waals surface area (Å²) < 4.78 is 22.1. The van der Waals surface area contributed by atoms with Gasteiger partial charge in [-0.2, -0.15) is 0 Å². The SMILES string of the molecule is NS(=O)(=O)c1ccc(N=Cc2cccs2)cc1. The smallest absolute Gasteiger partial charge is 0.238 e. The summed E-state index contributed by atoms with van der Waals surface area (Å²) in [6, 6.07) is 10.0. The van der Waals surface area contributed by atoms with Crippen LogP contribution < -0.4 is 5.14 Å². The van der Waals surface area contributed by atoms with Crippen molar-refractivity contribution in [1.29, 1.82) is 0 Å². The number of nitrogens with two attached hydrogens (primary N) is 1. The molecule has 4 nitrogen and oxygen atoms in total. The standard InChI is InChI=1S/C11H10N2O2S2/c12-17(14,15)11-5-3-9(4-6-11)13-8-10-2-1-7-16-10/h1-8H,(H2,12,14,15). The molecule has 0 radical (unpaired) electrons. The number of hydrogen-bond acceptors (Lipinski definition) is 4. The molecule has 0 aliphatic carbocycles. The summed E-state index contributed by atoms with van der Waals surface area (Å²) in [4.78, 5) is 5.35. The van der Waals surface area contributed by atoms with Gasteiger partial charge in [-0.1, -0.05) is 6.07 Å². The second-order valence-electron chi connectivity index (χ2n) is 3.31. The van der Waals surface area contributed by atoms with Crippen molar-refractivity contribution in [2.45, 2.75) is 4.90 Å². The Morgan fingerprint density at radius 2 is 1.88 bits per heavy atom. The first-order chi connectivity index (χ1) is 8.05. The molecule has 1 heterocycles. The van der Waals surface area contributed by atoms with Crippen LogP contribution in [0.25, 0.3) is 0 Å². The second-order valence-corrected chi connectivity index (χ2v) is 5.85. The average Bonchev–Trinajstić information content (AvgIpc) is 2.78. The van der Waals surface area contributed by atoms with E-state index in [-0.39, 0.29) is 4.90 Å². The Kier molecular flexibility index (Phi) is 3.37. The van der Waals surface area contributed by atoms with Gasteiger partial charge in [0.15, 0.2) is 0 Å². The van der Waals surface area contributed by atoms with Crippen LogP contribution in [-0.4, -0.2) is 14.6 Å². The molecule has 17 heavy (non-hydrogen) atoms. The van der Waals surface area contributed by atoms with Gasteiger partial charge in [-0.3, -0.25) is 4.99 Å². The topological polar surface area (TPSA) is 72.5 Å². The van der Waals surface area contributed by atoms with Crippen molar-refractivity contribution in [3.8, 4) is 0 Å². The van der Waals surface area contributed by atoms with E-state index >= 15 is 0 Å². The highest BCUT2D eigenvalue weighted by atomic mass is 32.2. The molecule has 2 N–H and O–H groups in total. The van der Waals surface area contributed by atoms with Crippen LogP contribution in [0.1, 0.15) is 4.88 Å². The lowest BCUT2D eigenvalue weighted by atomic mass is 10.3. The Labute approximate surface area is 103 Å². The van der Waals surface area contributed by atoms with Gasteiger partial charge >= 0.3 is 0 Å². The molecule has 2 rings (SSSR count). The first-order valence-corrected chi connectivity index (χ1v) is 7.19. The van der Waals surface area contributed by atoms with E-state index in [1.54, 1.807) is 29.7 Å². The summed E-state index contributed by atoms with van der Waals surface area (Å²) in [6.45, 7) is 0. The number of sulfonamides is 1. The maximum absolute atomic E-state index is 11.0. The van der Waals surface area contributed by atoms with Gasteiger partial charge in [0, 0.05) is 11.1 Å². The van der Waals surface area contributed by atoms with Gasteiger partial charge in [0.1, 0.15) is 0 Å². The molecule has 0 aliphatic rings. The fourth-order valence-corrected chi connectivity index (χ4v) is 2.33. The molecule has 0 bridgehead atoms. The lowest BCUT2D eigenvalue weighted by Gasteiger charge is -1.97. The third kappa shape index (κ3) is 3.23. The second kappa shape index (κ2) is 4.79. The van der Waals surface area contributed by atoms with Crippen LogP contribution in [0, 0.1) is 0 Å². The minimum absolute atomic E-state index is 0.0903. The van der Waals surface area contributed by atoms with Gasteiger partial charge in [-0.15, -0.1) is 11.3 Å². The largest absolute Gasteiger partial charge is 0.255 e. The van der Waals surface area contributed by atoms with Crippen molar-refractivity contribution in [2.75, 3.05) is 0 Å². The number of aliphatic imine (C=N–C) groups is 1. The van der Waals surface area contributed by atoms with Crippen LogP contribution in [0.4, 0.5) is 5.69 Å². The van der Waals surface area contributed by atoms with E-state index in [9.17, 15) is 8.42 Å². The van der Waals surface area contributed by atoms with Crippen LogP contribution in [0.3, 0.4) is 0 Å². The summed E-state index contributed by atoms with van der Waals surface area (Å²) in [5.41, 5.74) is 0.686. The molecular weight excluding hydrogens is 256 g/mol. The maximum atomic E-state index is 11.0. The molecule has 0 saturated carbocycles. The van der Waals surface area contributed by atoms with Crippen molar-refractivity contribution in [1.82, 2.24) is 0 Å². The average molecular weight is 266 g/mol. The third-order valence-corrected chi connectivity index (χ3v) is 3.79. The van der Waals surface area contributed by atoms with Gasteiger partial charge < -0.3 is 0 Å². The number of hydrogen-bond donors (Lipinski definition) is 1. The molecule has 0 atom stereocenters. The van der Waals surface area contributed by atoms with Gasteiger partial charge in [0.25, 0.3) is 0 Å². The number of primary sulfonamides is 1. The Morgan fingerprint density at radius 1 is 1.18 bits per heavy atom. The van der Waals surface area contributed by atoms with Crippen LogP contribution in [0.5, 0.6) is 0 Å². The van der Waals surface area contributed by atoms with E-state index in [0.29, 0.717) is 5.69 Å². The Morgan fingerprint density at radius 3 is 2.41 bits per heavy atom. The molecule has 1 aromatic carbocycles.